The minimum absolute atomic E-state index is 0.0716. The van der Waals surface area contributed by atoms with Crippen molar-refractivity contribution in [2.75, 3.05) is 0 Å². The van der Waals surface area contributed by atoms with Gasteiger partial charge in [0.25, 0.3) is 0 Å². The molecule has 3 nitrogen and oxygen atoms in total. The Bertz CT molecular complexity index is 528. The molecule has 1 heterocycles. The number of hydrogen-bond acceptors (Lipinski definition) is 3. The fraction of sp³-hybridized carbons (Fsp3) is 0.267. The summed E-state index contributed by atoms with van der Waals surface area (Å²) in [6, 6.07) is 10.5. The monoisotopic (exact) mass is 259 g/mol. The van der Waals surface area contributed by atoms with Crippen molar-refractivity contribution in [2.24, 2.45) is 5.84 Å². The molecule has 1 aromatic carbocycles. The molecule has 0 fully saturated rings. The van der Waals surface area contributed by atoms with Gasteiger partial charge in [0.05, 0.1) is 0 Å². The molecule has 2 rings (SSSR count). The summed E-state index contributed by atoms with van der Waals surface area (Å²) in [6.45, 7) is 1.96. The molecule has 0 aliphatic rings. The number of pyridine rings is 1. The van der Waals surface area contributed by atoms with Gasteiger partial charge in [-0.3, -0.25) is 16.3 Å². The molecule has 1 atom stereocenters. The van der Waals surface area contributed by atoms with E-state index in [-0.39, 0.29) is 11.9 Å². The number of benzene rings is 1. The molecule has 1 aromatic heterocycles. The van der Waals surface area contributed by atoms with Crippen LogP contribution >= 0.6 is 0 Å². The Morgan fingerprint density at radius 3 is 2.84 bits per heavy atom. The third-order valence-corrected chi connectivity index (χ3v) is 3.23. The number of hydrazine groups is 1. The first kappa shape index (κ1) is 13.6. The molecule has 0 bridgehead atoms. The molecule has 0 saturated carbocycles. The first-order valence-electron chi connectivity index (χ1n) is 6.33. The maximum atomic E-state index is 13.3. The lowest BCUT2D eigenvalue weighted by molar-refractivity contribution is 0.507. The van der Waals surface area contributed by atoms with Crippen LogP contribution in [-0.2, 0) is 6.42 Å². The highest BCUT2D eigenvalue weighted by molar-refractivity contribution is 5.29. The van der Waals surface area contributed by atoms with Crippen LogP contribution < -0.4 is 11.3 Å². The van der Waals surface area contributed by atoms with E-state index >= 15 is 0 Å². The zero-order valence-electron chi connectivity index (χ0n) is 10.9. The highest BCUT2D eigenvalue weighted by Gasteiger charge is 2.13. The van der Waals surface area contributed by atoms with Crippen molar-refractivity contribution < 1.29 is 4.39 Å². The van der Waals surface area contributed by atoms with Crippen LogP contribution in [0.5, 0.6) is 0 Å². The van der Waals surface area contributed by atoms with Crippen LogP contribution in [0.1, 0.15) is 29.3 Å². The maximum absolute atomic E-state index is 13.3. The van der Waals surface area contributed by atoms with E-state index in [1.165, 1.54) is 12.1 Å². The number of aromatic nitrogens is 1. The molecule has 0 aliphatic heterocycles. The number of aryl methyl sites for hydroxylation is 2. The standard InChI is InChI=1S/C15H18FN3/c1-11-5-6-12(16)10-14(11)15(19-17)8-7-13-4-2-3-9-18-13/h2-6,9-10,15,19H,7-8,17H2,1H3. The van der Waals surface area contributed by atoms with Gasteiger partial charge in [0, 0.05) is 17.9 Å². The van der Waals surface area contributed by atoms with Gasteiger partial charge < -0.3 is 0 Å². The summed E-state index contributed by atoms with van der Waals surface area (Å²) in [7, 11) is 0. The van der Waals surface area contributed by atoms with Crippen LogP contribution in [0.15, 0.2) is 42.6 Å². The van der Waals surface area contributed by atoms with Gasteiger partial charge in [-0.2, -0.15) is 0 Å². The molecule has 19 heavy (non-hydrogen) atoms. The molecule has 0 radical (unpaired) electrons. The lowest BCUT2D eigenvalue weighted by Crippen LogP contribution is -2.29. The zero-order chi connectivity index (χ0) is 13.7. The zero-order valence-corrected chi connectivity index (χ0v) is 10.9. The molecular weight excluding hydrogens is 241 g/mol. The summed E-state index contributed by atoms with van der Waals surface area (Å²) in [5.41, 5.74) is 5.71. The fourth-order valence-corrected chi connectivity index (χ4v) is 2.15. The number of nitrogens with zero attached hydrogens (tertiary/aromatic N) is 1. The Balaban J connectivity index is 2.10. The van der Waals surface area contributed by atoms with Crippen molar-refractivity contribution in [1.82, 2.24) is 10.4 Å². The van der Waals surface area contributed by atoms with Gasteiger partial charge in [0.1, 0.15) is 5.82 Å². The van der Waals surface area contributed by atoms with Gasteiger partial charge in [-0.1, -0.05) is 12.1 Å². The second-order valence-corrected chi connectivity index (χ2v) is 4.58. The maximum Gasteiger partial charge on any atom is 0.123 e. The van der Waals surface area contributed by atoms with Crippen LogP contribution in [-0.4, -0.2) is 4.98 Å². The third-order valence-electron chi connectivity index (χ3n) is 3.23. The largest absolute Gasteiger partial charge is 0.271 e. The van der Waals surface area contributed by atoms with E-state index in [4.69, 9.17) is 5.84 Å². The Kier molecular flexibility index (Phi) is 4.60. The first-order chi connectivity index (χ1) is 9.20. The van der Waals surface area contributed by atoms with Crippen LogP contribution in [0.2, 0.25) is 0 Å². The second-order valence-electron chi connectivity index (χ2n) is 4.58. The van der Waals surface area contributed by atoms with E-state index in [0.717, 1.165) is 29.7 Å². The van der Waals surface area contributed by atoms with Crippen LogP contribution in [0.25, 0.3) is 0 Å². The average molecular weight is 259 g/mol. The second kappa shape index (κ2) is 6.41. The molecule has 100 valence electrons. The van der Waals surface area contributed by atoms with E-state index in [1.807, 2.05) is 25.1 Å². The minimum Gasteiger partial charge on any atom is -0.271 e. The van der Waals surface area contributed by atoms with Crippen molar-refractivity contribution in [3.05, 3.63) is 65.2 Å². The summed E-state index contributed by atoms with van der Waals surface area (Å²) >= 11 is 0. The Morgan fingerprint density at radius 1 is 1.32 bits per heavy atom. The summed E-state index contributed by atoms with van der Waals surface area (Å²) in [5, 5.41) is 0. The lowest BCUT2D eigenvalue weighted by atomic mass is 9.97. The number of halogens is 1. The molecule has 0 amide bonds. The van der Waals surface area contributed by atoms with Crippen molar-refractivity contribution in [3.63, 3.8) is 0 Å². The minimum atomic E-state index is -0.237. The highest BCUT2D eigenvalue weighted by Crippen LogP contribution is 2.22. The van der Waals surface area contributed by atoms with Crippen molar-refractivity contribution in [2.45, 2.75) is 25.8 Å². The predicted molar refractivity (Wildman–Crippen MR) is 73.8 cm³/mol. The summed E-state index contributed by atoms with van der Waals surface area (Å²) in [4.78, 5) is 4.28. The normalized spacial score (nSPS) is 12.4. The van der Waals surface area contributed by atoms with Gasteiger partial charge in [0.15, 0.2) is 0 Å². The molecule has 2 aromatic rings. The van der Waals surface area contributed by atoms with E-state index in [1.54, 1.807) is 12.3 Å². The number of rotatable bonds is 5. The summed E-state index contributed by atoms with van der Waals surface area (Å²) in [5.74, 6) is 5.36. The van der Waals surface area contributed by atoms with E-state index in [0.29, 0.717) is 0 Å². The van der Waals surface area contributed by atoms with Crippen LogP contribution in [0, 0.1) is 12.7 Å². The molecule has 1 unspecified atom stereocenters. The van der Waals surface area contributed by atoms with Crippen LogP contribution in [0.4, 0.5) is 4.39 Å². The average Bonchev–Trinajstić information content (AvgIpc) is 2.44. The first-order valence-corrected chi connectivity index (χ1v) is 6.33. The molecule has 4 heteroatoms. The molecule has 0 aliphatic carbocycles. The number of nitrogens with two attached hydrogens (primary N) is 1. The van der Waals surface area contributed by atoms with Gasteiger partial charge >= 0.3 is 0 Å². The van der Waals surface area contributed by atoms with Crippen LogP contribution in [0.3, 0.4) is 0 Å². The van der Waals surface area contributed by atoms with E-state index in [2.05, 4.69) is 10.4 Å². The Morgan fingerprint density at radius 2 is 2.16 bits per heavy atom. The third kappa shape index (κ3) is 3.59. The lowest BCUT2D eigenvalue weighted by Gasteiger charge is -2.18. The van der Waals surface area contributed by atoms with E-state index < -0.39 is 0 Å². The SMILES string of the molecule is Cc1ccc(F)cc1C(CCc1ccccn1)NN. The quantitative estimate of drug-likeness (QED) is 0.641. The Labute approximate surface area is 112 Å². The summed E-state index contributed by atoms with van der Waals surface area (Å²) in [6.07, 6.45) is 3.34. The highest BCUT2D eigenvalue weighted by atomic mass is 19.1. The van der Waals surface area contributed by atoms with E-state index in [9.17, 15) is 4.39 Å². The topological polar surface area (TPSA) is 50.9 Å². The van der Waals surface area contributed by atoms with Crippen molar-refractivity contribution in [3.8, 4) is 0 Å². The molecule has 0 saturated heterocycles. The summed E-state index contributed by atoms with van der Waals surface area (Å²) < 4.78 is 13.3. The van der Waals surface area contributed by atoms with Gasteiger partial charge in [-0.05, 0) is 55.2 Å². The smallest absolute Gasteiger partial charge is 0.123 e. The molecular formula is C15H18FN3. The van der Waals surface area contributed by atoms with Crippen molar-refractivity contribution in [1.29, 1.82) is 0 Å². The number of hydrogen-bond donors (Lipinski definition) is 2. The van der Waals surface area contributed by atoms with Gasteiger partial charge in [-0.25, -0.2) is 4.39 Å². The fourth-order valence-electron chi connectivity index (χ4n) is 2.15. The van der Waals surface area contributed by atoms with Crippen molar-refractivity contribution >= 4 is 0 Å². The van der Waals surface area contributed by atoms with Gasteiger partial charge in [-0.15, -0.1) is 0 Å². The Hall–Kier alpha value is -1.78. The van der Waals surface area contributed by atoms with Gasteiger partial charge in [0.2, 0.25) is 0 Å². The number of nitrogens with one attached hydrogen (secondary N) is 1. The predicted octanol–water partition coefficient (Wildman–Crippen LogP) is 2.67. The molecule has 0 spiro atoms. The molecule has 3 N–H and O–H groups in total.